The quantitative estimate of drug-likeness (QED) is 0.794. The van der Waals surface area contributed by atoms with Gasteiger partial charge in [0.15, 0.2) is 5.78 Å². The van der Waals surface area contributed by atoms with Crippen LogP contribution in [-0.2, 0) is 9.53 Å². The smallest absolute Gasteiger partial charge is 0.408 e. The average molecular weight is 310 g/mol. The number of alkyl carbamates (subject to hydrolysis) is 1. The molecule has 0 bridgehead atoms. The van der Waals surface area contributed by atoms with E-state index >= 15 is 0 Å². The summed E-state index contributed by atoms with van der Waals surface area (Å²) in [5.74, 6) is 0.294. The maximum atomic E-state index is 11.6. The number of halogens is 1. The van der Waals surface area contributed by atoms with Crippen LogP contribution in [0.2, 0.25) is 0 Å². The van der Waals surface area contributed by atoms with Gasteiger partial charge < -0.3 is 10.1 Å². The van der Waals surface area contributed by atoms with Crippen molar-refractivity contribution >= 4 is 27.8 Å². The molecule has 5 heteroatoms. The zero-order valence-corrected chi connectivity index (χ0v) is 12.8. The molecule has 17 heavy (non-hydrogen) atoms. The molecule has 0 rings (SSSR count). The molecule has 0 unspecified atom stereocenters. The number of hydrogen-bond donors (Lipinski definition) is 1. The van der Waals surface area contributed by atoms with Crippen LogP contribution in [0.5, 0.6) is 0 Å². The Morgan fingerprint density at radius 3 is 2.24 bits per heavy atom. The molecule has 1 atom stereocenters. The SMILES string of the molecule is CC(C)C[C@H](NC(=O)OC(C)(C)C)C(=O)CBr.[HH]. The van der Waals surface area contributed by atoms with Crippen LogP contribution in [0.3, 0.4) is 0 Å². The Kier molecular flexibility index (Phi) is 6.75. The first-order valence-corrected chi connectivity index (χ1v) is 6.86. The van der Waals surface area contributed by atoms with Crippen LogP contribution in [0.1, 0.15) is 42.5 Å². The molecule has 102 valence electrons. The van der Waals surface area contributed by atoms with Crippen LogP contribution < -0.4 is 5.32 Å². The molecule has 0 aliphatic carbocycles. The molecule has 1 N–H and O–H groups in total. The van der Waals surface area contributed by atoms with E-state index in [0.29, 0.717) is 12.3 Å². The second kappa shape index (κ2) is 6.99. The highest BCUT2D eigenvalue weighted by molar-refractivity contribution is 9.09. The minimum atomic E-state index is -0.552. The number of nitrogens with one attached hydrogen (secondary N) is 1. The number of alkyl halides is 1. The van der Waals surface area contributed by atoms with Gasteiger partial charge in [-0.3, -0.25) is 4.79 Å². The van der Waals surface area contributed by atoms with Crippen LogP contribution in [0.4, 0.5) is 4.79 Å². The van der Waals surface area contributed by atoms with E-state index in [0.717, 1.165) is 0 Å². The number of amides is 1. The minimum absolute atomic E-state index is 0. The van der Waals surface area contributed by atoms with Crippen molar-refractivity contribution in [3.05, 3.63) is 0 Å². The molecule has 0 heterocycles. The lowest BCUT2D eigenvalue weighted by Crippen LogP contribution is -2.44. The molecule has 0 aromatic heterocycles. The number of rotatable bonds is 5. The first-order valence-electron chi connectivity index (χ1n) is 5.74. The largest absolute Gasteiger partial charge is 0.444 e. The molecular formula is C12H24BrNO3. The van der Waals surface area contributed by atoms with Crippen molar-refractivity contribution in [1.82, 2.24) is 5.32 Å². The van der Waals surface area contributed by atoms with Gasteiger partial charge in [-0.15, -0.1) is 0 Å². The van der Waals surface area contributed by atoms with Crippen LogP contribution in [0.15, 0.2) is 0 Å². The summed E-state index contributed by atoms with van der Waals surface area (Å²) in [7, 11) is 0. The predicted molar refractivity (Wildman–Crippen MR) is 73.5 cm³/mol. The third kappa shape index (κ3) is 8.18. The van der Waals surface area contributed by atoms with Crippen LogP contribution in [0, 0.1) is 5.92 Å². The molecular weight excluding hydrogens is 286 g/mol. The standard InChI is InChI=1S/C12H22BrNO3.H2/c1-8(2)6-9(10(15)7-13)14-11(16)17-12(3,4)5;/h8-9H,6-7H2,1-5H3,(H,14,16);1H/t9-;/m0./s1. The Morgan fingerprint density at radius 1 is 1.35 bits per heavy atom. The second-order valence-electron chi connectivity index (χ2n) is 5.43. The summed E-state index contributed by atoms with van der Waals surface area (Å²) in [6.45, 7) is 9.37. The molecule has 0 aliphatic rings. The number of Topliss-reactive ketones (excluding diaryl/α,β-unsaturated/α-hetero) is 1. The molecule has 0 saturated carbocycles. The first kappa shape index (κ1) is 16.4. The van der Waals surface area contributed by atoms with Gasteiger partial charge >= 0.3 is 6.09 Å². The molecule has 0 saturated heterocycles. The summed E-state index contributed by atoms with van der Waals surface area (Å²) in [4.78, 5) is 23.2. The summed E-state index contributed by atoms with van der Waals surface area (Å²) in [6, 6.07) is -0.482. The lowest BCUT2D eigenvalue weighted by atomic mass is 10.0. The van der Waals surface area contributed by atoms with E-state index in [4.69, 9.17) is 4.74 Å². The van der Waals surface area contributed by atoms with Gasteiger partial charge in [-0.05, 0) is 33.1 Å². The number of carbonyl (C=O) groups is 2. The van der Waals surface area contributed by atoms with Crippen molar-refractivity contribution in [3.63, 3.8) is 0 Å². The number of ketones is 1. The summed E-state index contributed by atoms with van der Waals surface area (Å²) >= 11 is 3.12. The third-order valence-corrected chi connectivity index (χ3v) is 2.47. The summed E-state index contributed by atoms with van der Waals surface area (Å²) in [5, 5.41) is 2.85. The molecule has 0 radical (unpaired) electrons. The summed E-state index contributed by atoms with van der Waals surface area (Å²) < 4.78 is 5.13. The fraction of sp³-hybridized carbons (Fsp3) is 0.833. The Hall–Kier alpha value is -0.580. The third-order valence-electron chi connectivity index (χ3n) is 1.92. The van der Waals surface area contributed by atoms with E-state index in [1.807, 2.05) is 13.8 Å². The van der Waals surface area contributed by atoms with Crippen LogP contribution >= 0.6 is 15.9 Å². The predicted octanol–water partition coefficient (Wildman–Crippen LogP) is 3.14. The zero-order valence-electron chi connectivity index (χ0n) is 11.2. The van der Waals surface area contributed by atoms with Crippen molar-refractivity contribution in [1.29, 1.82) is 0 Å². The lowest BCUT2D eigenvalue weighted by Gasteiger charge is -2.23. The van der Waals surface area contributed by atoms with E-state index in [1.165, 1.54) is 0 Å². The van der Waals surface area contributed by atoms with Crippen molar-refractivity contribution in [2.24, 2.45) is 5.92 Å². The Balaban J connectivity index is 0. The monoisotopic (exact) mass is 309 g/mol. The van der Waals surface area contributed by atoms with Crippen molar-refractivity contribution in [3.8, 4) is 0 Å². The number of carbonyl (C=O) groups excluding carboxylic acids is 2. The molecule has 4 nitrogen and oxygen atoms in total. The van der Waals surface area contributed by atoms with Crippen molar-refractivity contribution in [2.45, 2.75) is 52.7 Å². The second-order valence-corrected chi connectivity index (χ2v) is 5.99. The van der Waals surface area contributed by atoms with Crippen molar-refractivity contribution in [2.75, 3.05) is 5.33 Å². The van der Waals surface area contributed by atoms with E-state index in [-0.39, 0.29) is 12.5 Å². The van der Waals surface area contributed by atoms with Gasteiger partial charge in [-0.25, -0.2) is 4.79 Å². The molecule has 0 aromatic rings. The highest BCUT2D eigenvalue weighted by Crippen LogP contribution is 2.10. The van der Waals surface area contributed by atoms with Gasteiger partial charge in [0.05, 0.1) is 11.4 Å². The van der Waals surface area contributed by atoms with Gasteiger partial charge in [-0.1, -0.05) is 29.8 Å². The van der Waals surface area contributed by atoms with E-state index in [2.05, 4.69) is 21.2 Å². The van der Waals surface area contributed by atoms with Gasteiger partial charge in [0, 0.05) is 1.43 Å². The van der Waals surface area contributed by atoms with Crippen LogP contribution in [0.25, 0.3) is 0 Å². The summed E-state index contributed by atoms with van der Waals surface area (Å²) in [6.07, 6.45) is 0.0707. The Morgan fingerprint density at radius 2 is 1.88 bits per heavy atom. The Labute approximate surface area is 113 Å². The lowest BCUT2D eigenvalue weighted by molar-refractivity contribution is -0.118. The minimum Gasteiger partial charge on any atom is -0.444 e. The Bertz CT molecular complexity index is 277. The fourth-order valence-electron chi connectivity index (χ4n) is 1.29. The van der Waals surface area contributed by atoms with E-state index in [9.17, 15) is 9.59 Å². The molecule has 1 amide bonds. The maximum absolute atomic E-state index is 11.6. The normalized spacial score (nSPS) is 13.4. The molecule has 0 aliphatic heterocycles. The van der Waals surface area contributed by atoms with Crippen LogP contribution in [-0.4, -0.2) is 28.8 Å². The first-order chi connectivity index (χ1) is 7.65. The topological polar surface area (TPSA) is 55.4 Å². The number of ether oxygens (including phenoxy) is 1. The number of hydrogen-bond acceptors (Lipinski definition) is 3. The fourth-order valence-corrected chi connectivity index (χ4v) is 1.68. The maximum Gasteiger partial charge on any atom is 0.408 e. The highest BCUT2D eigenvalue weighted by Gasteiger charge is 2.24. The van der Waals surface area contributed by atoms with Gasteiger partial charge in [-0.2, -0.15) is 0 Å². The van der Waals surface area contributed by atoms with Gasteiger partial charge in [0.1, 0.15) is 5.60 Å². The van der Waals surface area contributed by atoms with E-state index in [1.54, 1.807) is 20.8 Å². The van der Waals surface area contributed by atoms with E-state index < -0.39 is 17.7 Å². The molecule has 0 fully saturated rings. The zero-order chi connectivity index (χ0) is 13.6. The average Bonchev–Trinajstić information content (AvgIpc) is 2.11. The highest BCUT2D eigenvalue weighted by atomic mass is 79.9. The van der Waals surface area contributed by atoms with Crippen molar-refractivity contribution < 1.29 is 15.8 Å². The van der Waals surface area contributed by atoms with Gasteiger partial charge in [0.25, 0.3) is 0 Å². The molecule has 0 aromatic carbocycles. The van der Waals surface area contributed by atoms with Gasteiger partial charge in [0.2, 0.25) is 0 Å². The molecule has 0 spiro atoms. The summed E-state index contributed by atoms with van der Waals surface area (Å²) in [5.41, 5.74) is -0.552.